The summed E-state index contributed by atoms with van der Waals surface area (Å²) in [6.45, 7) is 2.29. The van der Waals surface area contributed by atoms with Crippen molar-refractivity contribution in [3.63, 3.8) is 0 Å². The Bertz CT molecular complexity index is 733. The van der Waals surface area contributed by atoms with Gasteiger partial charge in [-0.1, -0.05) is 30.4 Å². The summed E-state index contributed by atoms with van der Waals surface area (Å²) in [4.78, 5) is 20.0. The summed E-state index contributed by atoms with van der Waals surface area (Å²) >= 11 is 0. The maximum Gasteiger partial charge on any atom is 0.490 e. The number of benzene rings is 1. The molecule has 0 spiro atoms. The molecule has 1 aliphatic heterocycles. The predicted molar refractivity (Wildman–Crippen MR) is 93.6 cm³/mol. The molecule has 1 aromatic rings. The van der Waals surface area contributed by atoms with Gasteiger partial charge in [0.05, 0.1) is 19.1 Å². The van der Waals surface area contributed by atoms with Crippen molar-refractivity contribution in [2.45, 2.75) is 44.6 Å². The number of carbonyl (C=O) groups is 2. The van der Waals surface area contributed by atoms with E-state index in [1.807, 2.05) is 6.08 Å². The van der Waals surface area contributed by atoms with E-state index in [-0.39, 0.29) is 12.0 Å². The van der Waals surface area contributed by atoms with Crippen LogP contribution in [0.25, 0.3) is 0 Å². The molecule has 6 nitrogen and oxygen atoms in total. The van der Waals surface area contributed by atoms with Gasteiger partial charge in [-0.05, 0) is 36.0 Å². The minimum atomic E-state index is -5.08. The number of aliphatic carboxylic acids is 2. The van der Waals surface area contributed by atoms with E-state index in [0.29, 0.717) is 19.4 Å². The highest BCUT2D eigenvalue weighted by Crippen LogP contribution is 2.21. The van der Waals surface area contributed by atoms with Gasteiger partial charge in [0.15, 0.2) is 0 Å². The standard InChI is InChI=1S/C17H21NO3.C2HF3O2/c19-17(20)14-2-1-3-16(9-14)18-10-12-4-5-15-11-21-7-6-13(15)8-12;3-2(4,5)1(6)7/h1,3-5,8,14,16,18H,2,6-7,9-11H2,(H,19,20);(H,6,7)/t14-,16-;/m1./s1. The molecule has 2 atom stereocenters. The van der Waals surface area contributed by atoms with Crippen LogP contribution in [0.15, 0.2) is 30.4 Å². The molecule has 1 aromatic carbocycles. The summed E-state index contributed by atoms with van der Waals surface area (Å²) < 4.78 is 37.2. The quantitative estimate of drug-likeness (QED) is 0.672. The Morgan fingerprint density at radius 1 is 1.21 bits per heavy atom. The van der Waals surface area contributed by atoms with Gasteiger partial charge in [0.1, 0.15) is 0 Å². The first kappa shape index (κ1) is 21.9. The normalized spacial score (nSPS) is 21.2. The van der Waals surface area contributed by atoms with E-state index in [1.54, 1.807) is 0 Å². The molecule has 0 bridgehead atoms. The second-order valence-corrected chi connectivity index (χ2v) is 6.63. The van der Waals surface area contributed by atoms with Crippen molar-refractivity contribution in [3.8, 4) is 0 Å². The molecule has 0 saturated heterocycles. The van der Waals surface area contributed by atoms with Gasteiger partial charge in [-0.2, -0.15) is 13.2 Å². The van der Waals surface area contributed by atoms with Crippen molar-refractivity contribution in [1.29, 1.82) is 0 Å². The lowest BCUT2D eigenvalue weighted by atomic mass is 9.91. The lowest BCUT2D eigenvalue weighted by molar-refractivity contribution is -0.192. The number of ether oxygens (including phenoxy) is 1. The molecule has 0 aromatic heterocycles. The molecule has 1 aliphatic carbocycles. The Morgan fingerprint density at radius 3 is 2.57 bits per heavy atom. The van der Waals surface area contributed by atoms with E-state index in [0.717, 1.165) is 19.6 Å². The lowest BCUT2D eigenvalue weighted by Crippen LogP contribution is -2.33. The molecule has 154 valence electrons. The number of nitrogens with one attached hydrogen (secondary N) is 1. The molecule has 2 aliphatic rings. The van der Waals surface area contributed by atoms with E-state index < -0.39 is 18.1 Å². The van der Waals surface area contributed by atoms with Gasteiger partial charge < -0.3 is 20.3 Å². The fraction of sp³-hybridized carbons (Fsp3) is 0.474. The average Bonchev–Trinajstić information content (AvgIpc) is 2.66. The van der Waals surface area contributed by atoms with Crippen LogP contribution in [0.2, 0.25) is 0 Å². The van der Waals surface area contributed by atoms with Crippen LogP contribution >= 0.6 is 0 Å². The zero-order valence-corrected chi connectivity index (χ0v) is 15.0. The number of halogens is 3. The van der Waals surface area contributed by atoms with E-state index in [2.05, 4.69) is 29.6 Å². The molecular weight excluding hydrogens is 379 g/mol. The van der Waals surface area contributed by atoms with E-state index >= 15 is 0 Å². The summed E-state index contributed by atoms with van der Waals surface area (Å²) in [5, 5.41) is 19.7. The van der Waals surface area contributed by atoms with Crippen LogP contribution < -0.4 is 5.32 Å². The number of fused-ring (bicyclic) bond motifs is 1. The predicted octanol–water partition coefficient (Wildman–Crippen LogP) is 2.90. The summed E-state index contributed by atoms with van der Waals surface area (Å²) in [5.41, 5.74) is 3.91. The van der Waals surface area contributed by atoms with Gasteiger partial charge in [-0.15, -0.1) is 0 Å². The summed E-state index contributed by atoms with van der Waals surface area (Å²) in [6.07, 6.45) is 1.28. The van der Waals surface area contributed by atoms with Gasteiger partial charge in [0.2, 0.25) is 0 Å². The van der Waals surface area contributed by atoms with Crippen LogP contribution in [0.4, 0.5) is 13.2 Å². The summed E-state index contributed by atoms with van der Waals surface area (Å²) in [5.74, 6) is -3.71. The molecule has 0 amide bonds. The van der Waals surface area contributed by atoms with Crippen LogP contribution in [0.5, 0.6) is 0 Å². The fourth-order valence-electron chi connectivity index (χ4n) is 3.02. The molecule has 0 radical (unpaired) electrons. The zero-order valence-electron chi connectivity index (χ0n) is 15.0. The fourth-order valence-corrected chi connectivity index (χ4v) is 3.02. The zero-order chi connectivity index (χ0) is 20.7. The third kappa shape index (κ3) is 6.65. The Hall–Kier alpha value is -2.39. The Morgan fingerprint density at radius 2 is 1.93 bits per heavy atom. The highest BCUT2D eigenvalue weighted by atomic mass is 19.4. The maximum atomic E-state index is 11.1. The molecule has 3 N–H and O–H groups in total. The van der Waals surface area contributed by atoms with Gasteiger partial charge in [-0.3, -0.25) is 4.79 Å². The first-order valence-corrected chi connectivity index (χ1v) is 8.78. The number of carboxylic acids is 2. The highest BCUT2D eigenvalue weighted by molar-refractivity contribution is 5.73. The number of rotatable bonds is 4. The van der Waals surface area contributed by atoms with Crippen molar-refractivity contribution in [2.75, 3.05) is 6.61 Å². The molecule has 9 heteroatoms. The Kier molecular flexibility index (Phi) is 7.59. The molecule has 1 heterocycles. The van der Waals surface area contributed by atoms with Crippen molar-refractivity contribution in [1.82, 2.24) is 5.32 Å². The Labute approximate surface area is 160 Å². The molecule has 0 unspecified atom stereocenters. The van der Waals surface area contributed by atoms with Gasteiger partial charge in [0.25, 0.3) is 0 Å². The minimum Gasteiger partial charge on any atom is -0.481 e. The average molecular weight is 401 g/mol. The summed E-state index contributed by atoms with van der Waals surface area (Å²) in [7, 11) is 0. The number of carboxylic acid groups (broad SMARTS) is 2. The lowest BCUT2D eigenvalue weighted by Gasteiger charge is -2.23. The van der Waals surface area contributed by atoms with Crippen molar-refractivity contribution in [3.05, 3.63) is 47.0 Å². The molecule has 0 fully saturated rings. The van der Waals surface area contributed by atoms with Crippen molar-refractivity contribution < 1.29 is 37.7 Å². The van der Waals surface area contributed by atoms with E-state index in [1.165, 1.54) is 16.7 Å². The van der Waals surface area contributed by atoms with Crippen LogP contribution in [0, 0.1) is 5.92 Å². The van der Waals surface area contributed by atoms with Gasteiger partial charge in [0, 0.05) is 12.6 Å². The number of alkyl halides is 3. The number of hydrogen-bond donors (Lipinski definition) is 3. The monoisotopic (exact) mass is 401 g/mol. The second kappa shape index (κ2) is 9.70. The third-order valence-corrected chi connectivity index (χ3v) is 4.53. The molecular formula is C19H22F3NO5. The largest absolute Gasteiger partial charge is 0.490 e. The van der Waals surface area contributed by atoms with Crippen LogP contribution in [-0.2, 0) is 33.9 Å². The molecule has 28 heavy (non-hydrogen) atoms. The first-order valence-electron chi connectivity index (χ1n) is 8.78. The third-order valence-electron chi connectivity index (χ3n) is 4.53. The van der Waals surface area contributed by atoms with Gasteiger partial charge >= 0.3 is 18.1 Å². The molecule has 0 saturated carbocycles. The summed E-state index contributed by atoms with van der Waals surface area (Å²) in [6, 6.07) is 6.66. The maximum absolute atomic E-state index is 11.1. The van der Waals surface area contributed by atoms with Crippen LogP contribution in [0.1, 0.15) is 29.5 Å². The minimum absolute atomic E-state index is 0.152. The number of hydrogen-bond acceptors (Lipinski definition) is 4. The van der Waals surface area contributed by atoms with E-state index in [9.17, 15) is 18.0 Å². The molecule has 3 rings (SSSR count). The van der Waals surface area contributed by atoms with Crippen LogP contribution in [-0.4, -0.2) is 41.0 Å². The first-order chi connectivity index (χ1) is 13.2. The highest BCUT2D eigenvalue weighted by Gasteiger charge is 2.38. The smallest absolute Gasteiger partial charge is 0.481 e. The van der Waals surface area contributed by atoms with Crippen molar-refractivity contribution in [2.24, 2.45) is 5.92 Å². The Balaban J connectivity index is 0.000000345. The second-order valence-electron chi connectivity index (χ2n) is 6.63. The van der Waals surface area contributed by atoms with Crippen LogP contribution in [0.3, 0.4) is 0 Å². The SMILES string of the molecule is O=C(O)C(F)(F)F.O=C(O)[C@@H]1CC=C[C@@H](NCc2ccc3c(c2)CCOC3)C1. The topological polar surface area (TPSA) is 95.9 Å². The van der Waals surface area contributed by atoms with Gasteiger partial charge in [-0.25, -0.2) is 4.79 Å². The van der Waals surface area contributed by atoms with Crippen molar-refractivity contribution >= 4 is 11.9 Å². The van der Waals surface area contributed by atoms with E-state index in [4.69, 9.17) is 19.7 Å². The number of allylic oxidation sites excluding steroid dienone is 1.